The van der Waals surface area contributed by atoms with E-state index >= 15 is 0 Å². The molecule has 0 aliphatic heterocycles. The van der Waals surface area contributed by atoms with Gasteiger partial charge in [0, 0.05) is 16.0 Å². The lowest BCUT2D eigenvalue weighted by Gasteiger charge is -2.11. The second-order valence-electron chi connectivity index (χ2n) is 1.91. The van der Waals surface area contributed by atoms with Crippen LogP contribution in [0.5, 0.6) is 0 Å². The summed E-state index contributed by atoms with van der Waals surface area (Å²) in [6.07, 6.45) is 1.72. The fraction of sp³-hybridized carbons (Fsp3) is 0.800. The van der Waals surface area contributed by atoms with E-state index in [4.69, 9.17) is 0 Å². The maximum atomic E-state index is 11.1. The predicted molar refractivity (Wildman–Crippen MR) is 39.5 cm³/mol. The van der Waals surface area contributed by atoms with Crippen molar-refractivity contribution in [3.63, 3.8) is 0 Å². The molecule has 2 nitrogen and oxygen atoms in total. The molecule has 0 heterocycles. The van der Waals surface area contributed by atoms with Gasteiger partial charge in [-0.3, -0.25) is 4.21 Å². The van der Waals surface area contributed by atoms with E-state index in [1.54, 1.807) is 15.9 Å². The molecule has 0 saturated heterocycles. The van der Waals surface area contributed by atoms with Crippen LogP contribution in [-0.4, -0.2) is 34.2 Å². The van der Waals surface area contributed by atoms with Crippen LogP contribution >= 0.6 is 0 Å². The van der Waals surface area contributed by atoms with Gasteiger partial charge in [-0.25, -0.2) is 4.31 Å². The molecule has 0 bridgehead atoms. The number of hydrogen-bond donors (Lipinski definition) is 0. The van der Waals surface area contributed by atoms with Gasteiger partial charge < -0.3 is 0 Å². The molecule has 0 rings (SSSR count). The third-order valence-electron chi connectivity index (χ3n) is 1.16. The average Bonchev–Trinajstić information content (AvgIpc) is 1.67. The monoisotopic (exact) mass is 135 g/mol. The molecule has 0 aliphatic rings. The molecule has 0 spiro atoms. The Morgan fingerprint density at radius 2 is 1.88 bits per heavy atom. The van der Waals surface area contributed by atoms with Crippen molar-refractivity contribution in [2.75, 3.05) is 20.4 Å². The van der Waals surface area contributed by atoms with E-state index in [9.17, 15) is 4.21 Å². The highest BCUT2D eigenvalue weighted by atomic mass is 32.2. The highest BCUT2D eigenvalue weighted by Gasteiger charge is 1.96. The molecule has 50 valence electrons. The number of rotatable bonds is 1. The van der Waals surface area contributed by atoms with Gasteiger partial charge in [-0.15, -0.1) is 0 Å². The number of nitrogens with zero attached hydrogens (tertiary/aromatic N) is 1. The Kier molecular flexibility index (Phi) is 2.50. The van der Waals surface area contributed by atoms with E-state index in [2.05, 4.69) is 0 Å². The lowest BCUT2D eigenvalue weighted by atomic mass is 11.0. The fourth-order valence-electron chi connectivity index (χ4n) is 0.211. The quantitative estimate of drug-likeness (QED) is 0.470. The molecule has 0 N–H and O–H groups in total. The van der Waals surface area contributed by atoms with Gasteiger partial charge in [0.15, 0.2) is 0 Å². The summed E-state index contributed by atoms with van der Waals surface area (Å²) in [5.74, 6) is 0. The minimum Gasteiger partial charge on any atom is -0.253 e. The third kappa shape index (κ3) is 1.84. The Hall–Kier alpha value is -0.0200. The second kappa shape index (κ2) is 2.51. The zero-order valence-corrected chi connectivity index (χ0v) is 6.66. The van der Waals surface area contributed by atoms with Crippen molar-refractivity contribution in [3.8, 4) is 0 Å². The lowest BCUT2D eigenvalue weighted by molar-refractivity contribution is 0.604. The van der Waals surface area contributed by atoms with Crippen molar-refractivity contribution in [3.05, 3.63) is 0 Å². The SMILES string of the molecule is CC=S(C)(=O)N(C)C. The van der Waals surface area contributed by atoms with Crippen molar-refractivity contribution >= 4 is 15.1 Å². The van der Waals surface area contributed by atoms with Gasteiger partial charge in [-0.2, -0.15) is 0 Å². The summed E-state index contributed by atoms with van der Waals surface area (Å²) in [7, 11) is 1.84. The molecule has 0 saturated carbocycles. The van der Waals surface area contributed by atoms with Crippen LogP contribution < -0.4 is 0 Å². The fourth-order valence-corrected chi connectivity index (χ4v) is 0.632. The second-order valence-corrected chi connectivity index (χ2v) is 4.83. The molecule has 0 aromatic heterocycles. The van der Waals surface area contributed by atoms with Gasteiger partial charge in [0.05, 0.1) is 0 Å². The van der Waals surface area contributed by atoms with Crippen LogP contribution in [-0.2, 0) is 9.71 Å². The molecule has 0 radical (unpaired) electrons. The molecule has 0 fully saturated rings. The number of hydrogen-bond acceptors (Lipinski definition) is 1. The Balaban J connectivity index is 4.42. The van der Waals surface area contributed by atoms with E-state index in [1.807, 2.05) is 21.0 Å². The first-order chi connectivity index (χ1) is 3.50. The Bertz CT molecular complexity index is 165. The largest absolute Gasteiger partial charge is 0.253 e. The van der Waals surface area contributed by atoms with Crippen molar-refractivity contribution in [2.45, 2.75) is 6.92 Å². The van der Waals surface area contributed by atoms with E-state index in [0.29, 0.717) is 0 Å². The third-order valence-corrected chi connectivity index (χ3v) is 3.49. The van der Waals surface area contributed by atoms with Crippen LogP contribution in [0, 0.1) is 0 Å². The zero-order chi connectivity index (χ0) is 6.78. The lowest BCUT2D eigenvalue weighted by Crippen LogP contribution is -2.21. The minimum atomic E-state index is -1.78. The Morgan fingerprint density at radius 3 is 1.88 bits per heavy atom. The summed E-state index contributed by atoms with van der Waals surface area (Å²) in [6, 6.07) is 0. The van der Waals surface area contributed by atoms with Crippen LogP contribution in [0.1, 0.15) is 6.92 Å². The molecule has 1 atom stereocenters. The summed E-state index contributed by atoms with van der Waals surface area (Å²) < 4.78 is 12.8. The van der Waals surface area contributed by atoms with Crippen molar-refractivity contribution in [2.24, 2.45) is 0 Å². The van der Waals surface area contributed by atoms with Gasteiger partial charge in [0.25, 0.3) is 0 Å². The molecule has 1 unspecified atom stereocenters. The molecule has 8 heavy (non-hydrogen) atoms. The molecule has 3 heteroatoms. The highest BCUT2D eigenvalue weighted by Crippen LogP contribution is 1.86. The topological polar surface area (TPSA) is 20.3 Å². The van der Waals surface area contributed by atoms with E-state index in [-0.39, 0.29) is 0 Å². The van der Waals surface area contributed by atoms with Crippen LogP contribution in [0.4, 0.5) is 0 Å². The normalized spacial score (nSPS) is 18.1. The van der Waals surface area contributed by atoms with E-state index in [0.717, 1.165) is 0 Å². The molecule has 0 amide bonds. The Labute approximate surface area is 51.6 Å². The Morgan fingerprint density at radius 1 is 1.50 bits per heavy atom. The van der Waals surface area contributed by atoms with Crippen molar-refractivity contribution in [1.29, 1.82) is 0 Å². The van der Waals surface area contributed by atoms with Crippen LogP contribution in [0.2, 0.25) is 0 Å². The summed E-state index contributed by atoms with van der Waals surface area (Å²) in [5.41, 5.74) is 0. The standard InChI is InChI=1S/C5H13NOS/c1-5-8(4,7)6(2)3/h5H,1-4H3. The van der Waals surface area contributed by atoms with Crippen LogP contribution in [0.25, 0.3) is 0 Å². The molecular formula is C5H13NOS. The van der Waals surface area contributed by atoms with Gasteiger partial charge in [0.1, 0.15) is 0 Å². The van der Waals surface area contributed by atoms with Crippen molar-refractivity contribution in [1.82, 2.24) is 4.31 Å². The van der Waals surface area contributed by atoms with Gasteiger partial charge in [-0.1, -0.05) is 0 Å². The molecule has 0 aromatic carbocycles. The van der Waals surface area contributed by atoms with Gasteiger partial charge >= 0.3 is 0 Å². The first-order valence-corrected chi connectivity index (χ1v) is 4.45. The predicted octanol–water partition coefficient (Wildman–Crippen LogP) is 0.199. The first-order valence-electron chi connectivity index (χ1n) is 2.46. The minimum absolute atomic E-state index is 1.72. The summed E-state index contributed by atoms with van der Waals surface area (Å²) in [4.78, 5) is 0. The molecule has 0 aromatic rings. The first kappa shape index (κ1) is 7.98. The van der Waals surface area contributed by atoms with Gasteiger partial charge in [-0.05, 0) is 26.4 Å². The van der Waals surface area contributed by atoms with E-state index in [1.165, 1.54) is 0 Å². The maximum absolute atomic E-state index is 11.1. The molecule has 0 aliphatic carbocycles. The summed E-state index contributed by atoms with van der Waals surface area (Å²) in [5, 5.41) is 1.72. The highest BCUT2D eigenvalue weighted by molar-refractivity contribution is 7.98. The van der Waals surface area contributed by atoms with Crippen molar-refractivity contribution < 1.29 is 4.21 Å². The summed E-state index contributed by atoms with van der Waals surface area (Å²) >= 11 is 0. The maximum Gasteiger partial charge on any atom is 0.0267 e. The van der Waals surface area contributed by atoms with Gasteiger partial charge in [0.2, 0.25) is 0 Å². The zero-order valence-electron chi connectivity index (χ0n) is 5.84. The summed E-state index contributed by atoms with van der Waals surface area (Å²) in [6.45, 7) is 1.81. The average molecular weight is 135 g/mol. The molecular weight excluding hydrogens is 122 g/mol. The van der Waals surface area contributed by atoms with Crippen LogP contribution in [0.15, 0.2) is 0 Å². The van der Waals surface area contributed by atoms with E-state index < -0.39 is 9.71 Å². The smallest absolute Gasteiger partial charge is 0.0267 e. The van der Waals surface area contributed by atoms with Crippen LogP contribution in [0.3, 0.4) is 0 Å².